The smallest absolute Gasteiger partial charge is 0.311 e. The number of rotatable bonds is 5. The van der Waals surface area contributed by atoms with Gasteiger partial charge in [0.05, 0.1) is 4.92 Å². The quantitative estimate of drug-likeness (QED) is 0.676. The predicted molar refractivity (Wildman–Crippen MR) is 87.9 cm³/mol. The van der Waals surface area contributed by atoms with Crippen molar-refractivity contribution in [2.45, 2.75) is 20.8 Å². The number of benzene rings is 2. The van der Waals surface area contributed by atoms with E-state index in [1.54, 1.807) is 19.1 Å². The number of carbonyl (C=O) groups excluding carboxylic acids is 1. The predicted octanol–water partition coefficient (Wildman–Crippen LogP) is 3.54. The van der Waals surface area contributed by atoms with E-state index in [9.17, 15) is 14.9 Å². The Morgan fingerprint density at radius 1 is 1.13 bits per heavy atom. The van der Waals surface area contributed by atoms with Crippen LogP contribution in [0.1, 0.15) is 16.7 Å². The molecule has 0 aliphatic heterocycles. The number of hydrogen-bond acceptors (Lipinski definition) is 4. The number of nitro groups is 1. The molecule has 0 bridgehead atoms. The molecule has 6 nitrogen and oxygen atoms in total. The highest BCUT2D eigenvalue weighted by Gasteiger charge is 2.16. The van der Waals surface area contributed by atoms with E-state index >= 15 is 0 Å². The van der Waals surface area contributed by atoms with E-state index in [0.29, 0.717) is 5.69 Å². The van der Waals surface area contributed by atoms with Crippen molar-refractivity contribution in [2.75, 3.05) is 11.9 Å². The van der Waals surface area contributed by atoms with E-state index in [2.05, 4.69) is 5.32 Å². The Labute approximate surface area is 134 Å². The number of carbonyl (C=O) groups is 1. The normalized spacial score (nSPS) is 10.2. The van der Waals surface area contributed by atoms with E-state index < -0.39 is 4.92 Å². The van der Waals surface area contributed by atoms with Crippen LogP contribution >= 0.6 is 0 Å². The third-order valence-corrected chi connectivity index (χ3v) is 3.46. The fourth-order valence-corrected chi connectivity index (χ4v) is 2.05. The van der Waals surface area contributed by atoms with Crippen LogP contribution in [-0.2, 0) is 4.79 Å². The van der Waals surface area contributed by atoms with Crippen LogP contribution in [0.25, 0.3) is 0 Å². The zero-order valence-electron chi connectivity index (χ0n) is 13.3. The zero-order valence-corrected chi connectivity index (χ0v) is 13.3. The lowest BCUT2D eigenvalue weighted by Gasteiger charge is -2.09. The minimum absolute atomic E-state index is 0.0795. The zero-order chi connectivity index (χ0) is 17.0. The van der Waals surface area contributed by atoms with Crippen molar-refractivity contribution in [2.24, 2.45) is 0 Å². The molecule has 0 atom stereocenters. The summed E-state index contributed by atoms with van der Waals surface area (Å²) in [7, 11) is 0. The lowest BCUT2D eigenvalue weighted by atomic mass is 10.1. The molecule has 0 unspecified atom stereocenters. The van der Waals surface area contributed by atoms with Gasteiger partial charge < -0.3 is 10.1 Å². The van der Waals surface area contributed by atoms with E-state index in [1.807, 2.05) is 26.0 Å². The maximum Gasteiger partial charge on any atom is 0.311 e. The van der Waals surface area contributed by atoms with Gasteiger partial charge >= 0.3 is 5.69 Å². The SMILES string of the molecule is Cc1ccc(OCC(=O)Nc2ccc(C)c(C)c2)c([N+](=O)[O-])c1. The average Bonchev–Trinajstić information content (AvgIpc) is 2.49. The van der Waals surface area contributed by atoms with E-state index in [1.165, 1.54) is 12.1 Å². The molecule has 1 amide bonds. The van der Waals surface area contributed by atoms with Crippen LogP contribution in [0.4, 0.5) is 11.4 Å². The maximum absolute atomic E-state index is 11.9. The summed E-state index contributed by atoms with van der Waals surface area (Å²) in [5.41, 5.74) is 3.47. The van der Waals surface area contributed by atoms with Crippen molar-refractivity contribution in [3.63, 3.8) is 0 Å². The monoisotopic (exact) mass is 314 g/mol. The molecule has 2 rings (SSSR count). The second-order valence-electron chi connectivity index (χ2n) is 5.36. The first-order chi connectivity index (χ1) is 10.9. The third-order valence-electron chi connectivity index (χ3n) is 3.46. The van der Waals surface area contributed by atoms with Gasteiger partial charge in [-0.2, -0.15) is 0 Å². The topological polar surface area (TPSA) is 81.5 Å². The van der Waals surface area contributed by atoms with E-state index in [0.717, 1.165) is 16.7 Å². The van der Waals surface area contributed by atoms with Gasteiger partial charge in [-0.25, -0.2) is 0 Å². The molecular formula is C17H18N2O4. The Morgan fingerprint density at radius 2 is 1.87 bits per heavy atom. The van der Waals surface area contributed by atoms with Gasteiger partial charge in [-0.1, -0.05) is 12.1 Å². The summed E-state index contributed by atoms with van der Waals surface area (Å²) >= 11 is 0. The second kappa shape index (κ2) is 6.91. The number of hydrogen-bond donors (Lipinski definition) is 1. The minimum Gasteiger partial charge on any atom is -0.477 e. The summed E-state index contributed by atoms with van der Waals surface area (Å²) in [5.74, 6) is -0.293. The van der Waals surface area contributed by atoms with Crippen molar-refractivity contribution in [3.8, 4) is 5.75 Å². The highest BCUT2D eigenvalue weighted by atomic mass is 16.6. The van der Waals surface area contributed by atoms with Crippen molar-refractivity contribution >= 4 is 17.3 Å². The Balaban J connectivity index is 2.02. The van der Waals surface area contributed by atoms with Crippen molar-refractivity contribution < 1.29 is 14.5 Å². The molecule has 0 spiro atoms. The number of ether oxygens (including phenoxy) is 1. The van der Waals surface area contributed by atoms with Crippen molar-refractivity contribution in [3.05, 3.63) is 63.2 Å². The molecule has 0 aliphatic rings. The molecule has 23 heavy (non-hydrogen) atoms. The van der Waals surface area contributed by atoms with Crippen LogP contribution in [0.2, 0.25) is 0 Å². The van der Waals surface area contributed by atoms with Crippen LogP contribution in [0.3, 0.4) is 0 Å². The largest absolute Gasteiger partial charge is 0.477 e. The number of aryl methyl sites for hydroxylation is 3. The molecule has 0 saturated carbocycles. The molecule has 0 aliphatic carbocycles. The summed E-state index contributed by atoms with van der Waals surface area (Å²) in [5, 5.41) is 13.7. The molecule has 120 valence electrons. The number of nitro benzene ring substituents is 1. The fourth-order valence-electron chi connectivity index (χ4n) is 2.05. The minimum atomic E-state index is -0.524. The molecule has 2 aromatic rings. The van der Waals surface area contributed by atoms with Crippen LogP contribution < -0.4 is 10.1 Å². The molecule has 0 saturated heterocycles. The van der Waals surface area contributed by atoms with Gasteiger partial charge in [0.1, 0.15) is 0 Å². The molecular weight excluding hydrogens is 296 g/mol. The van der Waals surface area contributed by atoms with Gasteiger partial charge in [0.25, 0.3) is 5.91 Å². The average molecular weight is 314 g/mol. The summed E-state index contributed by atoms with van der Waals surface area (Å²) in [6, 6.07) is 10.2. The fraction of sp³-hybridized carbons (Fsp3) is 0.235. The lowest BCUT2D eigenvalue weighted by Crippen LogP contribution is -2.20. The van der Waals surface area contributed by atoms with Crippen LogP contribution in [-0.4, -0.2) is 17.4 Å². The van der Waals surface area contributed by atoms with E-state index in [4.69, 9.17) is 4.74 Å². The van der Waals surface area contributed by atoms with Gasteiger partial charge in [0, 0.05) is 11.8 Å². The first-order valence-electron chi connectivity index (χ1n) is 7.12. The molecule has 6 heteroatoms. The molecule has 0 radical (unpaired) electrons. The molecule has 0 heterocycles. The van der Waals surface area contributed by atoms with Gasteiger partial charge in [0.15, 0.2) is 12.4 Å². The Hall–Kier alpha value is -2.89. The van der Waals surface area contributed by atoms with Crippen LogP contribution in [0.5, 0.6) is 5.75 Å². The lowest BCUT2D eigenvalue weighted by molar-refractivity contribution is -0.385. The summed E-state index contributed by atoms with van der Waals surface area (Å²) in [4.78, 5) is 22.4. The molecule has 1 N–H and O–H groups in total. The highest BCUT2D eigenvalue weighted by Crippen LogP contribution is 2.27. The molecule has 0 aromatic heterocycles. The number of nitrogens with one attached hydrogen (secondary N) is 1. The highest BCUT2D eigenvalue weighted by molar-refractivity contribution is 5.92. The third kappa shape index (κ3) is 4.29. The first kappa shape index (κ1) is 16.5. The van der Waals surface area contributed by atoms with E-state index in [-0.39, 0.29) is 24.0 Å². The summed E-state index contributed by atoms with van der Waals surface area (Å²) < 4.78 is 5.29. The van der Waals surface area contributed by atoms with Gasteiger partial charge in [0.2, 0.25) is 0 Å². The summed E-state index contributed by atoms with van der Waals surface area (Å²) in [6.45, 7) is 5.40. The van der Waals surface area contributed by atoms with Crippen molar-refractivity contribution in [1.82, 2.24) is 0 Å². The Kier molecular flexibility index (Phi) is 4.95. The van der Waals surface area contributed by atoms with Gasteiger partial charge in [-0.15, -0.1) is 0 Å². The van der Waals surface area contributed by atoms with Gasteiger partial charge in [-0.3, -0.25) is 14.9 Å². The Morgan fingerprint density at radius 3 is 2.52 bits per heavy atom. The van der Waals surface area contributed by atoms with Gasteiger partial charge in [-0.05, 0) is 55.7 Å². The summed E-state index contributed by atoms with van der Waals surface area (Å²) in [6.07, 6.45) is 0. The van der Waals surface area contributed by atoms with Crippen LogP contribution in [0, 0.1) is 30.9 Å². The number of anilines is 1. The molecule has 2 aromatic carbocycles. The Bertz CT molecular complexity index is 756. The maximum atomic E-state index is 11.9. The first-order valence-corrected chi connectivity index (χ1v) is 7.12. The van der Waals surface area contributed by atoms with Crippen molar-refractivity contribution in [1.29, 1.82) is 0 Å². The second-order valence-corrected chi connectivity index (χ2v) is 5.36. The number of nitrogens with zero attached hydrogens (tertiary/aromatic N) is 1. The van der Waals surface area contributed by atoms with Crippen LogP contribution in [0.15, 0.2) is 36.4 Å². The standard InChI is InChI=1S/C17H18N2O4/c1-11-4-7-16(15(8-11)19(21)22)23-10-17(20)18-14-6-5-12(2)13(3)9-14/h4-9H,10H2,1-3H3,(H,18,20). The molecule has 0 fully saturated rings. The number of amides is 1.